The monoisotopic (exact) mass is 310 g/mol. The Morgan fingerprint density at radius 1 is 1.22 bits per heavy atom. The summed E-state index contributed by atoms with van der Waals surface area (Å²) in [5, 5.41) is 0. The summed E-state index contributed by atoms with van der Waals surface area (Å²) < 4.78 is 5.98. The van der Waals surface area contributed by atoms with Crippen LogP contribution in [0.3, 0.4) is 0 Å². The standard InChI is InChI=1S/C19H22N2O2/c1-19(2,18(21)22)14-8-6-12(7-9-14)16-5-3-4-13-10-15(11-20)23-17(13)16/h3-9,15H,10-11,20H2,1-2H3,(H2,21,22)/t15-/m1/s1. The lowest BCUT2D eigenvalue weighted by Crippen LogP contribution is -2.35. The minimum absolute atomic E-state index is 0.0548. The molecule has 3 rings (SSSR count). The van der Waals surface area contributed by atoms with Crippen LogP contribution in [0.5, 0.6) is 5.75 Å². The number of rotatable bonds is 4. The van der Waals surface area contributed by atoms with E-state index in [9.17, 15) is 4.79 Å². The molecular formula is C19H22N2O2. The molecular weight excluding hydrogens is 288 g/mol. The Balaban J connectivity index is 1.96. The van der Waals surface area contributed by atoms with E-state index in [1.165, 1.54) is 5.56 Å². The first-order valence-corrected chi connectivity index (χ1v) is 7.83. The van der Waals surface area contributed by atoms with E-state index in [1.54, 1.807) is 0 Å². The molecule has 23 heavy (non-hydrogen) atoms. The maximum absolute atomic E-state index is 11.6. The average molecular weight is 310 g/mol. The van der Waals surface area contributed by atoms with E-state index in [2.05, 4.69) is 6.07 Å². The normalized spacial score (nSPS) is 16.7. The third-order valence-corrected chi connectivity index (χ3v) is 4.63. The molecule has 0 unspecified atom stereocenters. The topological polar surface area (TPSA) is 78.3 Å². The van der Waals surface area contributed by atoms with E-state index in [1.807, 2.05) is 50.2 Å². The number of fused-ring (bicyclic) bond motifs is 1. The van der Waals surface area contributed by atoms with Crippen LogP contribution in [0.2, 0.25) is 0 Å². The van der Waals surface area contributed by atoms with Crippen molar-refractivity contribution in [2.24, 2.45) is 11.5 Å². The largest absolute Gasteiger partial charge is 0.488 e. The smallest absolute Gasteiger partial charge is 0.227 e. The highest BCUT2D eigenvalue weighted by Crippen LogP contribution is 2.39. The van der Waals surface area contributed by atoms with Crippen molar-refractivity contribution in [3.05, 3.63) is 53.6 Å². The van der Waals surface area contributed by atoms with Gasteiger partial charge in [0.25, 0.3) is 0 Å². The summed E-state index contributed by atoms with van der Waals surface area (Å²) in [7, 11) is 0. The van der Waals surface area contributed by atoms with E-state index in [0.29, 0.717) is 6.54 Å². The fourth-order valence-electron chi connectivity index (χ4n) is 2.91. The van der Waals surface area contributed by atoms with Crippen molar-refractivity contribution in [1.29, 1.82) is 0 Å². The van der Waals surface area contributed by atoms with Crippen molar-refractivity contribution >= 4 is 5.91 Å². The zero-order chi connectivity index (χ0) is 16.6. The third-order valence-electron chi connectivity index (χ3n) is 4.63. The Kier molecular flexibility index (Phi) is 3.86. The zero-order valence-corrected chi connectivity index (χ0v) is 13.5. The minimum Gasteiger partial charge on any atom is -0.488 e. The maximum atomic E-state index is 11.6. The minimum atomic E-state index is -0.682. The van der Waals surface area contributed by atoms with Crippen LogP contribution in [0.1, 0.15) is 25.0 Å². The Bertz CT molecular complexity index is 736. The maximum Gasteiger partial charge on any atom is 0.227 e. The third kappa shape index (κ3) is 2.70. The fourth-order valence-corrected chi connectivity index (χ4v) is 2.91. The van der Waals surface area contributed by atoms with Crippen LogP contribution < -0.4 is 16.2 Å². The van der Waals surface area contributed by atoms with E-state index >= 15 is 0 Å². The summed E-state index contributed by atoms with van der Waals surface area (Å²) in [6, 6.07) is 14.1. The number of primary amides is 1. The van der Waals surface area contributed by atoms with Crippen LogP contribution >= 0.6 is 0 Å². The van der Waals surface area contributed by atoms with Crippen LogP contribution in [-0.4, -0.2) is 18.6 Å². The molecule has 120 valence electrons. The molecule has 1 atom stereocenters. The molecule has 1 aliphatic rings. The summed E-state index contributed by atoms with van der Waals surface area (Å²) in [4.78, 5) is 11.6. The van der Waals surface area contributed by atoms with Gasteiger partial charge in [-0.1, -0.05) is 42.5 Å². The molecule has 0 bridgehead atoms. The first-order valence-electron chi connectivity index (χ1n) is 7.83. The van der Waals surface area contributed by atoms with Crippen molar-refractivity contribution in [3.8, 4) is 16.9 Å². The number of ether oxygens (including phenoxy) is 1. The predicted octanol–water partition coefficient (Wildman–Crippen LogP) is 2.38. The van der Waals surface area contributed by atoms with Gasteiger partial charge >= 0.3 is 0 Å². The Morgan fingerprint density at radius 2 is 1.91 bits per heavy atom. The van der Waals surface area contributed by atoms with Gasteiger partial charge in [-0.25, -0.2) is 0 Å². The highest BCUT2D eigenvalue weighted by molar-refractivity contribution is 5.86. The van der Waals surface area contributed by atoms with Gasteiger partial charge in [0.15, 0.2) is 0 Å². The van der Waals surface area contributed by atoms with Gasteiger partial charge in [-0.05, 0) is 30.5 Å². The number of amides is 1. The van der Waals surface area contributed by atoms with Gasteiger partial charge in [-0.2, -0.15) is 0 Å². The van der Waals surface area contributed by atoms with Gasteiger partial charge in [-0.15, -0.1) is 0 Å². The van der Waals surface area contributed by atoms with E-state index in [0.717, 1.165) is 28.9 Å². The first-order chi connectivity index (χ1) is 10.9. The van der Waals surface area contributed by atoms with Gasteiger partial charge < -0.3 is 16.2 Å². The number of hydrogen-bond acceptors (Lipinski definition) is 3. The lowest BCUT2D eigenvalue weighted by atomic mass is 9.83. The molecule has 1 amide bonds. The SMILES string of the molecule is CC(C)(C(N)=O)c1ccc(-c2cccc3c2O[C@@H](CN)C3)cc1. The molecule has 4 heteroatoms. The number of para-hydroxylation sites is 1. The van der Waals surface area contributed by atoms with Crippen LogP contribution in [0, 0.1) is 0 Å². The Labute approximate surface area is 136 Å². The molecule has 0 radical (unpaired) electrons. The quantitative estimate of drug-likeness (QED) is 0.910. The van der Waals surface area contributed by atoms with Gasteiger partial charge in [0.1, 0.15) is 11.9 Å². The summed E-state index contributed by atoms with van der Waals surface area (Å²) in [5.41, 5.74) is 14.7. The molecule has 4 nitrogen and oxygen atoms in total. The Hall–Kier alpha value is -2.33. The number of benzene rings is 2. The van der Waals surface area contributed by atoms with E-state index in [-0.39, 0.29) is 12.0 Å². The van der Waals surface area contributed by atoms with Crippen molar-refractivity contribution < 1.29 is 9.53 Å². The predicted molar refractivity (Wildman–Crippen MR) is 91.3 cm³/mol. The van der Waals surface area contributed by atoms with Crippen molar-refractivity contribution in [2.75, 3.05) is 6.54 Å². The van der Waals surface area contributed by atoms with Crippen LogP contribution in [0.15, 0.2) is 42.5 Å². The van der Waals surface area contributed by atoms with Gasteiger partial charge in [0, 0.05) is 18.5 Å². The lowest BCUT2D eigenvalue weighted by Gasteiger charge is -2.21. The lowest BCUT2D eigenvalue weighted by molar-refractivity contribution is -0.122. The molecule has 0 fully saturated rings. The average Bonchev–Trinajstić information content (AvgIpc) is 2.98. The van der Waals surface area contributed by atoms with Crippen LogP contribution in [0.4, 0.5) is 0 Å². The summed E-state index contributed by atoms with van der Waals surface area (Å²) in [6.07, 6.45) is 0.908. The number of hydrogen-bond donors (Lipinski definition) is 2. The fraction of sp³-hybridized carbons (Fsp3) is 0.316. The summed E-state index contributed by atoms with van der Waals surface area (Å²) in [6.45, 7) is 4.18. The highest BCUT2D eigenvalue weighted by atomic mass is 16.5. The molecule has 1 aliphatic heterocycles. The summed E-state index contributed by atoms with van der Waals surface area (Å²) in [5.74, 6) is 0.588. The van der Waals surface area contributed by atoms with E-state index < -0.39 is 5.41 Å². The number of nitrogens with two attached hydrogens (primary N) is 2. The molecule has 0 saturated carbocycles. The summed E-state index contributed by atoms with van der Waals surface area (Å²) >= 11 is 0. The van der Waals surface area contributed by atoms with Crippen LogP contribution in [0.25, 0.3) is 11.1 Å². The van der Waals surface area contributed by atoms with Crippen molar-refractivity contribution in [1.82, 2.24) is 0 Å². The second-order valence-electron chi connectivity index (χ2n) is 6.54. The molecule has 4 N–H and O–H groups in total. The van der Waals surface area contributed by atoms with E-state index in [4.69, 9.17) is 16.2 Å². The Morgan fingerprint density at radius 3 is 2.52 bits per heavy atom. The molecule has 0 aromatic heterocycles. The van der Waals surface area contributed by atoms with Gasteiger partial charge in [0.05, 0.1) is 5.41 Å². The zero-order valence-electron chi connectivity index (χ0n) is 13.5. The second kappa shape index (κ2) is 5.70. The van der Waals surface area contributed by atoms with Gasteiger partial charge in [0.2, 0.25) is 5.91 Å². The second-order valence-corrected chi connectivity index (χ2v) is 6.54. The first kappa shape index (κ1) is 15.6. The van der Waals surface area contributed by atoms with Crippen molar-refractivity contribution in [2.45, 2.75) is 31.8 Å². The van der Waals surface area contributed by atoms with Crippen LogP contribution in [-0.2, 0) is 16.6 Å². The molecule has 2 aromatic rings. The van der Waals surface area contributed by atoms with Crippen molar-refractivity contribution in [3.63, 3.8) is 0 Å². The molecule has 0 saturated heterocycles. The molecule has 0 spiro atoms. The molecule has 2 aromatic carbocycles. The number of carbonyl (C=O) groups excluding carboxylic acids is 1. The van der Waals surface area contributed by atoms with Gasteiger partial charge in [-0.3, -0.25) is 4.79 Å². The number of carbonyl (C=O) groups is 1. The highest BCUT2D eigenvalue weighted by Gasteiger charge is 2.28. The molecule has 0 aliphatic carbocycles. The molecule has 1 heterocycles.